The molecule has 2 N–H and O–H groups in total. The van der Waals surface area contributed by atoms with Crippen LogP contribution in [0.1, 0.15) is 220 Å². The van der Waals surface area contributed by atoms with Gasteiger partial charge < -0.3 is 20.3 Å². The van der Waals surface area contributed by atoms with E-state index in [1.54, 1.807) is 0 Å². The maximum absolute atomic E-state index is 14.8. The first-order valence-electron chi connectivity index (χ1n) is 24.9. The van der Waals surface area contributed by atoms with E-state index < -0.39 is 0 Å². The van der Waals surface area contributed by atoms with Gasteiger partial charge in [-0.3, -0.25) is 0 Å². The van der Waals surface area contributed by atoms with E-state index in [1.165, 1.54) is 25.7 Å². The lowest BCUT2D eigenvalue weighted by Crippen LogP contribution is -2.57. The molecule has 336 valence electrons. The van der Waals surface area contributed by atoms with Gasteiger partial charge in [0.25, 0.3) is 0 Å². The Balaban J connectivity index is 1.09. The average Bonchev–Trinajstić information content (AvgIpc) is 3.98. The summed E-state index contributed by atoms with van der Waals surface area (Å²) in [5.41, 5.74) is 1.85. The summed E-state index contributed by atoms with van der Waals surface area (Å²) in [6, 6.07) is 0.815. The first-order valence-corrected chi connectivity index (χ1v) is 24.9. The number of nitrogens with zero attached hydrogens (tertiary/aromatic N) is 6. The lowest BCUT2D eigenvalue weighted by atomic mass is 9.62. The van der Waals surface area contributed by atoms with E-state index in [1.807, 2.05) is 9.80 Å². The van der Waals surface area contributed by atoms with Crippen molar-refractivity contribution in [3.8, 4) is 0 Å². The first-order chi connectivity index (χ1) is 29.1. The van der Waals surface area contributed by atoms with Crippen LogP contribution in [0.25, 0.3) is 0 Å². The second-order valence-electron chi connectivity index (χ2n) is 21.0. The van der Waals surface area contributed by atoms with Gasteiger partial charge in [0.1, 0.15) is 0 Å². The summed E-state index contributed by atoms with van der Waals surface area (Å²) in [6.45, 7) is 7.39. The molecule has 4 amide bonds. The monoisotopic (exact) mass is 833 g/mol. The Hall–Kier alpha value is -3.18. The van der Waals surface area contributed by atoms with Crippen molar-refractivity contribution >= 4 is 35.5 Å². The fraction of sp³-hybridized carbons (Fsp3) is 0.875. The van der Waals surface area contributed by atoms with Gasteiger partial charge in [0, 0.05) is 24.7 Å². The zero-order valence-corrected chi connectivity index (χ0v) is 37.8. The zero-order valence-electron chi connectivity index (χ0n) is 37.8. The molecule has 60 heavy (non-hydrogen) atoms. The van der Waals surface area contributed by atoms with Crippen molar-refractivity contribution in [2.75, 3.05) is 6.54 Å². The maximum atomic E-state index is 14.8. The van der Waals surface area contributed by atoms with Gasteiger partial charge >= 0.3 is 24.1 Å². The van der Waals surface area contributed by atoms with Crippen LogP contribution in [0.3, 0.4) is 0 Å². The summed E-state index contributed by atoms with van der Waals surface area (Å²) < 4.78 is 0. The topological polar surface area (TPSA) is 133 Å². The quantitative estimate of drug-likeness (QED) is 0.136. The molecule has 7 aliphatic carbocycles. The van der Waals surface area contributed by atoms with E-state index in [0.29, 0.717) is 18.6 Å². The van der Waals surface area contributed by atoms with Crippen LogP contribution in [-0.2, 0) is 9.68 Å². The molecule has 7 fully saturated rings. The number of hydrogen-bond acceptors (Lipinski definition) is 8. The molecule has 0 aromatic carbocycles. The van der Waals surface area contributed by atoms with Crippen molar-refractivity contribution in [3.63, 3.8) is 0 Å². The summed E-state index contributed by atoms with van der Waals surface area (Å²) in [7, 11) is 0. The number of nitrogens with one attached hydrogen (secondary N) is 2. The Morgan fingerprint density at radius 1 is 0.567 bits per heavy atom. The van der Waals surface area contributed by atoms with Crippen molar-refractivity contribution in [3.05, 3.63) is 0 Å². The third-order valence-corrected chi connectivity index (χ3v) is 14.8. The predicted molar refractivity (Wildman–Crippen MR) is 241 cm³/mol. The van der Waals surface area contributed by atoms with Crippen molar-refractivity contribution in [2.24, 2.45) is 31.1 Å². The number of oxime groups is 2. The Morgan fingerprint density at radius 2 is 0.983 bits per heavy atom. The number of carbonyl (C=O) groups is 2. The standard InChI is InChI=1S/C48H80N8O4/c1-47(2)32-40(50-44(58)56(42-30-14-7-15-31-42)46(52-37-22-10-5-11-23-37)60-54-39-26-18-19-27-39)33-48(3,34-47)35-49-43(57)55(41-28-12-6-13-29-41)45(51-36-20-8-4-9-21-36)59-53-38-24-16-17-25-38/h36-37,40-42H,4-35H2,1-3H3,(H,49,57)(H,50,58)/b51-45-,52-46-. The molecular weight excluding hydrogens is 753 g/mol. The third kappa shape index (κ3) is 12.9. The molecule has 2 atom stereocenters. The summed E-state index contributed by atoms with van der Waals surface area (Å²) in [6.07, 6.45) is 32.6. The number of carbonyl (C=O) groups excluding carboxylic acids is 2. The molecule has 7 aliphatic rings. The van der Waals surface area contributed by atoms with Crippen molar-refractivity contribution < 1.29 is 19.3 Å². The highest BCUT2D eigenvalue weighted by atomic mass is 16.7. The van der Waals surface area contributed by atoms with E-state index in [4.69, 9.17) is 19.7 Å². The normalized spacial score (nSPS) is 27.9. The Bertz CT molecular complexity index is 1520. The van der Waals surface area contributed by atoms with E-state index in [2.05, 4.69) is 41.7 Å². The smallest absolute Gasteiger partial charge is 0.326 e. The largest absolute Gasteiger partial charge is 0.337 e. The highest BCUT2D eigenvalue weighted by Gasteiger charge is 2.44. The van der Waals surface area contributed by atoms with Crippen molar-refractivity contribution in [2.45, 2.75) is 250 Å². The number of hydrogen-bond donors (Lipinski definition) is 2. The molecule has 0 aromatic rings. The molecule has 0 aromatic heterocycles. The molecule has 0 spiro atoms. The summed E-state index contributed by atoms with van der Waals surface area (Å²) in [5.74, 6) is 0. The fourth-order valence-corrected chi connectivity index (χ4v) is 11.9. The van der Waals surface area contributed by atoms with Crippen LogP contribution < -0.4 is 10.6 Å². The molecule has 12 nitrogen and oxygen atoms in total. The molecule has 2 unspecified atom stereocenters. The van der Waals surface area contributed by atoms with Crippen LogP contribution >= 0.6 is 0 Å². The Labute approximate surface area is 362 Å². The Kier molecular flexibility index (Phi) is 16.3. The minimum Gasteiger partial charge on any atom is -0.337 e. The molecule has 7 rings (SSSR count). The van der Waals surface area contributed by atoms with Gasteiger partial charge in [-0.15, -0.1) is 0 Å². The minimum atomic E-state index is -0.251. The van der Waals surface area contributed by atoms with Crippen LogP contribution in [0.5, 0.6) is 0 Å². The van der Waals surface area contributed by atoms with Crippen molar-refractivity contribution in [1.29, 1.82) is 0 Å². The number of urea groups is 2. The van der Waals surface area contributed by atoms with Crippen molar-refractivity contribution in [1.82, 2.24) is 20.4 Å². The van der Waals surface area contributed by atoms with E-state index in [0.717, 1.165) is 185 Å². The first kappa shape index (κ1) is 44.9. The van der Waals surface area contributed by atoms with Crippen LogP contribution in [0.2, 0.25) is 0 Å². The molecule has 0 radical (unpaired) electrons. The molecule has 7 saturated carbocycles. The van der Waals surface area contributed by atoms with Gasteiger partial charge in [0.05, 0.1) is 23.5 Å². The molecular formula is C48H80N8O4. The molecule has 12 heteroatoms. The zero-order chi connectivity index (χ0) is 41.8. The second-order valence-corrected chi connectivity index (χ2v) is 21.0. The second kappa shape index (κ2) is 21.8. The molecule has 0 saturated heterocycles. The van der Waals surface area contributed by atoms with Gasteiger partial charge in [0.15, 0.2) is 0 Å². The van der Waals surface area contributed by atoms with Crippen LogP contribution in [-0.4, -0.2) is 82.1 Å². The van der Waals surface area contributed by atoms with Crippen LogP contribution in [0.4, 0.5) is 9.59 Å². The highest BCUT2D eigenvalue weighted by molar-refractivity contribution is 5.95. The number of amidine groups is 2. The van der Waals surface area contributed by atoms with Gasteiger partial charge in [-0.1, -0.05) is 108 Å². The fourth-order valence-electron chi connectivity index (χ4n) is 11.9. The highest BCUT2D eigenvalue weighted by Crippen LogP contribution is 2.46. The summed E-state index contributed by atoms with van der Waals surface area (Å²) in [4.78, 5) is 56.2. The van der Waals surface area contributed by atoms with Gasteiger partial charge in [-0.05, 0) is 133 Å². The molecule has 0 aliphatic heterocycles. The number of amides is 4. The SMILES string of the molecule is CC1(C)CC(NC(=O)N(/C(=N/C2CCCCC2)ON=C2CCCC2)C2CCCCC2)CC(C)(CNC(=O)N(/C(=N/C2CCCCC2)ON=C2CCCC2)C2CCCCC2)C1. The maximum Gasteiger partial charge on any atom is 0.326 e. The Morgan fingerprint density at radius 3 is 1.43 bits per heavy atom. The number of rotatable bonds is 9. The molecule has 0 bridgehead atoms. The average molecular weight is 833 g/mol. The summed E-state index contributed by atoms with van der Waals surface area (Å²) >= 11 is 0. The van der Waals surface area contributed by atoms with Gasteiger partial charge in [-0.25, -0.2) is 29.4 Å². The summed E-state index contributed by atoms with van der Waals surface area (Å²) in [5, 5.41) is 16.2. The number of aliphatic imine (C=N–C) groups is 2. The minimum absolute atomic E-state index is 0.0309. The van der Waals surface area contributed by atoms with Gasteiger partial charge in [0.2, 0.25) is 0 Å². The predicted octanol–water partition coefficient (Wildman–Crippen LogP) is 11.5. The van der Waals surface area contributed by atoms with E-state index >= 15 is 0 Å². The van der Waals surface area contributed by atoms with E-state index in [-0.39, 0.29) is 53.1 Å². The van der Waals surface area contributed by atoms with Crippen LogP contribution in [0, 0.1) is 10.8 Å². The lowest BCUT2D eigenvalue weighted by molar-refractivity contribution is 0.0696. The van der Waals surface area contributed by atoms with Crippen LogP contribution in [0.15, 0.2) is 20.3 Å². The van der Waals surface area contributed by atoms with E-state index in [9.17, 15) is 9.59 Å². The third-order valence-electron chi connectivity index (χ3n) is 14.8. The van der Waals surface area contributed by atoms with Gasteiger partial charge in [-0.2, -0.15) is 0 Å². The molecule has 0 heterocycles. The lowest BCUT2D eigenvalue weighted by Gasteiger charge is -2.47.